The van der Waals surface area contributed by atoms with Gasteiger partial charge < -0.3 is 9.80 Å². The van der Waals surface area contributed by atoms with E-state index in [2.05, 4.69) is 21.0 Å². The third kappa shape index (κ3) is 5.83. The van der Waals surface area contributed by atoms with E-state index in [1.807, 2.05) is 4.90 Å². The number of hydrogen-bond acceptors (Lipinski definition) is 4. The van der Waals surface area contributed by atoms with E-state index in [0.29, 0.717) is 52.8 Å². The highest BCUT2D eigenvalue weighted by atomic mass is 79.9. The minimum atomic E-state index is -4.43. The first-order valence-corrected chi connectivity index (χ1v) is 13.0. The second-order valence-corrected chi connectivity index (χ2v) is 10.2. The molecule has 0 atom stereocenters. The lowest BCUT2D eigenvalue weighted by molar-refractivity contribution is -0.137. The van der Waals surface area contributed by atoms with Gasteiger partial charge in [0, 0.05) is 47.3 Å². The Hall–Kier alpha value is -3.73. The first-order valence-electron chi connectivity index (χ1n) is 12.2. The van der Waals surface area contributed by atoms with Gasteiger partial charge in [-0.2, -0.15) is 18.3 Å². The molecule has 0 saturated carbocycles. The fourth-order valence-electron chi connectivity index (χ4n) is 4.70. The zero-order valence-corrected chi connectivity index (χ0v) is 22.2. The van der Waals surface area contributed by atoms with Crippen LogP contribution in [0.1, 0.15) is 16.8 Å². The molecule has 0 N–H and O–H groups in total. The standard InChI is InChI=1S/C28H23BrF4N4O2/c29-20-9-8-18(24(30)15-20)17-37-27(39)23-7-2-1-6-22(23)25(34-37)16-26(38)36-12-10-35(11-13-36)21-5-3-4-19(14-21)28(31,32)33/h1-9,14-15H,10-13,16-17H2. The number of hydrogen-bond donors (Lipinski definition) is 0. The van der Waals surface area contributed by atoms with Crippen molar-refractivity contribution < 1.29 is 22.4 Å². The minimum Gasteiger partial charge on any atom is -0.368 e. The maximum atomic E-state index is 14.5. The molecule has 1 saturated heterocycles. The number of carbonyl (C=O) groups is 1. The summed E-state index contributed by atoms with van der Waals surface area (Å²) >= 11 is 3.22. The molecule has 0 aliphatic carbocycles. The molecule has 5 rings (SSSR count). The largest absolute Gasteiger partial charge is 0.416 e. The summed E-state index contributed by atoms with van der Waals surface area (Å²) in [6.07, 6.45) is -4.50. The highest BCUT2D eigenvalue weighted by Crippen LogP contribution is 2.32. The van der Waals surface area contributed by atoms with Crippen LogP contribution in [-0.4, -0.2) is 46.8 Å². The molecule has 1 amide bonds. The van der Waals surface area contributed by atoms with Crippen molar-refractivity contribution in [1.29, 1.82) is 0 Å². The summed E-state index contributed by atoms with van der Waals surface area (Å²) in [6, 6.07) is 16.5. The van der Waals surface area contributed by atoms with Crippen molar-refractivity contribution >= 4 is 38.3 Å². The lowest BCUT2D eigenvalue weighted by Crippen LogP contribution is -2.49. The van der Waals surface area contributed by atoms with Crippen molar-refractivity contribution in [3.05, 3.63) is 104 Å². The first kappa shape index (κ1) is 26.9. The van der Waals surface area contributed by atoms with Gasteiger partial charge in [-0.3, -0.25) is 9.59 Å². The highest BCUT2D eigenvalue weighted by Gasteiger charge is 2.31. The van der Waals surface area contributed by atoms with Gasteiger partial charge in [0.15, 0.2) is 0 Å². The van der Waals surface area contributed by atoms with Crippen molar-refractivity contribution in [3.63, 3.8) is 0 Å². The molecule has 1 aliphatic rings. The Morgan fingerprint density at radius 2 is 1.64 bits per heavy atom. The second kappa shape index (κ2) is 10.8. The number of benzene rings is 3. The van der Waals surface area contributed by atoms with Crippen LogP contribution in [0.25, 0.3) is 10.8 Å². The van der Waals surface area contributed by atoms with Crippen LogP contribution in [0.2, 0.25) is 0 Å². The number of carbonyl (C=O) groups excluding carboxylic acids is 1. The Labute approximate surface area is 229 Å². The normalized spacial score (nSPS) is 14.2. The summed E-state index contributed by atoms with van der Waals surface area (Å²) in [7, 11) is 0. The van der Waals surface area contributed by atoms with Gasteiger partial charge in [-0.05, 0) is 36.4 Å². The van der Waals surface area contributed by atoms with Gasteiger partial charge in [0.2, 0.25) is 5.91 Å². The summed E-state index contributed by atoms with van der Waals surface area (Å²) in [4.78, 5) is 29.8. The summed E-state index contributed by atoms with van der Waals surface area (Å²) in [5.41, 5.74) is 0.0318. The Kier molecular flexibility index (Phi) is 7.44. The second-order valence-electron chi connectivity index (χ2n) is 9.28. The number of anilines is 1. The molecule has 0 radical (unpaired) electrons. The molecule has 2 heterocycles. The summed E-state index contributed by atoms with van der Waals surface area (Å²) in [6.45, 7) is 1.32. The van der Waals surface area contributed by atoms with Crippen molar-refractivity contribution in [2.45, 2.75) is 19.1 Å². The smallest absolute Gasteiger partial charge is 0.368 e. The van der Waals surface area contributed by atoms with E-state index in [4.69, 9.17) is 0 Å². The fourth-order valence-corrected chi connectivity index (χ4v) is 5.04. The summed E-state index contributed by atoms with van der Waals surface area (Å²) < 4.78 is 55.6. The maximum absolute atomic E-state index is 14.5. The lowest BCUT2D eigenvalue weighted by atomic mass is 10.1. The minimum absolute atomic E-state index is 0.0762. The van der Waals surface area contributed by atoms with E-state index >= 15 is 0 Å². The van der Waals surface area contributed by atoms with Crippen LogP contribution in [0.5, 0.6) is 0 Å². The third-order valence-electron chi connectivity index (χ3n) is 6.77. The van der Waals surface area contributed by atoms with Crippen molar-refractivity contribution in [2.75, 3.05) is 31.1 Å². The van der Waals surface area contributed by atoms with E-state index in [9.17, 15) is 27.2 Å². The Morgan fingerprint density at radius 3 is 2.33 bits per heavy atom. The number of halogens is 5. The molecule has 1 aromatic heterocycles. The van der Waals surface area contributed by atoms with E-state index in [1.54, 1.807) is 47.4 Å². The predicted octanol–water partition coefficient (Wildman–Crippen LogP) is 5.26. The summed E-state index contributed by atoms with van der Waals surface area (Å²) in [5, 5.41) is 5.37. The number of piperazine rings is 1. The third-order valence-corrected chi connectivity index (χ3v) is 7.26. The van der Waals surface area contributed by atoms with E-state index in [0.717, 1.165) is 12.1 Å². The molecular weight excluding hydrogens is 580 g/mol. The van der Waals surface area contributed by atoms with E-state index in [-0.39, 0.29) is 30.0 Å². The molecule has 11 heteroatoms. The van der Waals surface area contributed by atoms with Gasteiger partial charge in [-0.25, -0.2) is 9.07 Å². The molecule has 0 spiro atoms. The molecular formula is C28H23BrF4N4O2. The Bertz CT molecular complexity index is 1600. The molecule has 3 aromatic carbocycles. The lowest BCUT2D eigenvalue weighted by Gasteiger charge is -2.36. The van der Waals surface area contributed by atoms with Gasteiger partial charge in [-0.15, -0.1) is 0 Å². The SMILES string of the molecule is O=C(Cc1nn(Cc2ccc(Br)cc2F)c(=O)c2ccccc12)N1CCN(c2cccc(C(F)(F)F)c2)CC1. The van der Waals surface area contributed by atoms with E-state index in [1.165, 1.54) is 16.8 Å². The molecule has 0 unspecified atom stereocenters. The van der Waals surface area contributed by atoms with Crippen LogP contribution >= 0.6 is 15.9 Å². The number of nitrogens with zero attached hydrogens (tertiary/aromatic N) is 4. The van der Waals surface area contributed by atoms with Crippen molar-refractivity contribution in [1.82, 2.24) is 14.7 Å². The molecule has 0 bridgehead atoms. The Balaban J connectivity index is 1.34. The predicted molar refractivity (Wildman–Crippen MR) is 143 cm³/mol. The zero-order valence-electron chi connectivity index (χ0n) is 20.6. The van der Waals surface area contributed by atoms with Crippen LogP contribution in [0.15, 0.2) is 76.0 Å². The van der Waals surface area contributed by atoms with E-state index < -0.39 is 17.6 Å². The number of alkyl halides is 3. The van der Waals surface area contributed by atoms with Gasteiger partial charge in [-0.1, -0.05) is 46.3 Å². The number of rotatable bonds is 5. The van der Waals surface area contributed by atoms with Crippen LogP contribution in [0.3, 0.4) is 0 Å². The van der Waals surface area contributed by atoms with Gasteiger partial charge in [0.25, 0.3) is 5.56 Å². The number of fused-ring (bicyclic) bond motifs is 1. The van der Waals surface area contributed by atoms with Crippen molar-refractivity contribution in [2.24, 2.45) is 0 Å². The molecule has 39 heavy (non-hydrogen) atoms. The number of amides is 1. The maximum Gasteiger partial charge on any atom is 0.416 e. The van der Waals surface area contributed by atoms with Crippen LogP contribution < -0.4 is 10.5 Å². The fraction of sp³-hybridized carbons (Fsp3) is 0.250. The highest BCUT2D eigenvalue weighted by molar-refractivity contribution is 9.10. The summed E-state index contributed by atoms with van der Waals surface area (Å²) in [5.74, 6) is -0.695. The van der Waals surface area contributed by atoms with Crippen LogP contribution in [-0.2, 0) is 23.9 Å². The van der Waals surface area contributed by atoms with Crippen LogP contribution in [0, 0.1) is 5.82 Å². The topological polar surface area (TPSA) is 58.4 Å². The van der Waals surface area contributed by atoms with Gasteiger partial charge in [0.05, 0.1) is 29.6 Å². The first-order chi connectivity index (χ1) is 18.6. The van der Waals surface area contributed by atoms with Crippen LogP contribution in [0.4, 0.5) is 23.2 Å². The molecule has 4 aromatic rings. The van der Waals surface area contributed by atoms with Gasteiger partial charge in [0.1, 0.15) is 5.82 Å². The Morgan fingerprint density at radius 1 is 0.923 bits per heavy atom. The molecule has 1 fully saturated rings. The van der Waals surface area contributed by atoms with Gasteiger partial charge >= 0.3 is 6.18 Å². The average Bonchev–Trinajstić information content (AvgIpc) is 2.92. The van der Waals surface area contributed by atoms with Crippen molar-refractivity contribution in [3.8, 4) is 0 Å². The number of aromatic nitrogens is 2. The zero-order chi connectivity index (χ0) is 27.7. The quantitative estimate of drug-likeness (QED) is 0.293. The molecule has 6 nitrogen and oxygen atoms in total. The molecule has 1 aliphatic heterocycles. The average molecular weight is 603 g/mol. The monoisotopic (exact) mass is 602 g/mol. The molecule has 202 valence electrons.